The molecule has 4 rings (SSSR count). The van der Waals surface area contributed by atoms with Gasteiger partial charge >= 0.3 is 0 Å². The van der Waals surface area contributed by atoms with Crippen LogP contribution in [0.4, 0.5) is 4.39 Å². The SMILES string of the molecule is Fc1ccc(-n2c(C3CCNC3)nc3cccnc32)cc1. The van der Waals surface area contributed by atoms with Gasteiger partial charge in [0.05, 0.1) is 0 Å². The van der Waals surface area contributed by atoms with E-state index in [0.717, 1.165) is 42.2 Å². The normalized spacial score (nSPS) is 18.4. The van der Waals surface area contributed by atoms with Crippen LogP contribution < -0.4 is 5.32 Å². The molecule has 0 bridgehead atoms. The first-order valence-electron chi connectivity index (χ1n) is 7.13. The molecule has 1 atom stereocenters. The van der Waals surface area contributed by atoms with Gasteiger partial charge in [-0.1, -0.05) is 0 Å². The Labute approximate surface area is 121 Å². The molecule has 21 heavy (non-hydrogen) atoms. The Morgan fingerprint density at radius 2 is 2.05 bits per heavy atom. The van der Waals surface area contributed by atoms with Crippen LogP contribution in [0.5, 0.6) is 0 Å². The molecule has 0 aliphatic carbocycles. The average molecular weight is 282 g/mol. The van der Waals surface area contributed by atoms with Gasteiger partial charge in [-0.3, -0.25) is 4.57 Å². The van der Waals surface area contributed by atoms with Gasteiger partial charge in [0.15, 0.2) is 5.65 Å². The number of nitrogens with zero attached hydrogens (tertiary/aromatic N) is 3. The highest BCUT2D eigenvalue weighted by Gasteiger charge is 2.24. The number of hydrogen-bond donors (Lipinski definition) is 1. The molecule has 0 radical (unpaired) electrons. The summed E-state index contributed by atoms with van der Waals surface area (Å²) in [5, 5.41) is 3.37. The van der Waals surface area contributed by atoms with Gasteiger partial charge in [0.1, 0.15) is 17.2 Å². The number of imidazole rings is 1. The lowest BCUT2D eigenvalue weighted by Gasteiger charge is -2.12. The zero-order valence-corrected chi connectivity index (χ0v) is 11.5. The van der Waals surface area contributed by atoms with Gasteiger partial charge in [-0.15, -0.1) is 0 Å². The maximum atomic E-state index is 13.2. The summed E-state index contributed by atoms with van der Waals surface area (Å²) in [4.78, 5) is 9.22. The highest BCUT2D eigenvalue weighted by atomic mass is 19.1. The molecule has 1 saturated heterocycles. The summed E-state index contributed by atoms with van der Waals surface area (Å²) in [5.74, 6) is 1.13. The number of halogens is 1. The molecule has 1 aliphatic rings. The summed E-state index contributed by atoms with van der Waals surface area (Å²) in [6, 6.07) is 10.4. The molecule has 1 unspecified atom stereocenters. The fourth-order valence-electron chi connectivity index (χ4n) is 2.92. The number of benzene rings is 1. The predicted octanol–water partition coefficient (Wildman–Crippen LogP) is 2.64. The van der Waals surface area contributed by atoms with E-state index in [4.69, 9.17) is 4.98 Å². The summed E-state index contributed by atoms with van der Waals surface area (Å²) in [5.41, 5.74) is 2.61. The van der Waals surface area contributed by atoms with E-state index in [2.05, 4.69) is 10.3 Å². The molecule has 2 aromatic heterocycles. The van der Waals surface area contributed by atoms with E-state index in [0.29, 0.717) is 5.92 Å². The molecule has 5 heteroatoms. The first-order chi connectivity index (χ1) is 10.3. The smallest absolute Gasteiger partial charge is 0.164 e. The molecule has 3 heterocycles. The van der Waals surface area contributed by atoms with Crippen molar-refractivity contribution in [1.29, 1.82) is 0 Å². The van der Waals surface area contributed by atoms with Crippen molar-refractivity contribution in [3.05, 3.63) is 54.2 Å². The van der Waals surface area contributed by atoms with Gasteiger partial charge in [-0.25, -0.2) is 14.4 Å². The Hall–Kier alpha value is -2.27. The largest absolute Gasteiger partial charge is 0.316 e. The first kappa shape index (κ1) is 12.5. The monoisotopic (exact) mass is 282 g/mol. The Bertz CT molecular complexity index is 773. The van der Waals surface area contributed by atoms with Crippen LogP contribution in [0.2, 0.25) is 0 Å². The molecule has 0 amide bonds. The molecule has 4 nitrogen and oxygen atoms in total. The van der Waals surface area contributed by atoms with Crippen molar-refractivity contribution in [1.82, 2.24) is 19.9 Å². The van der Waals surface area contributed by atoms with Crippen LogP contribution >= 0.6 is 0 Å². The third kappa shape index (κ3) is 2.10. The van der Waals surface area contributed by atoms with E-state index < -0.39 is 0 Å². The third-order valence-electron chi connectivity index (χ3n) is 3.95. The van der Waals surface area contributed by atoms with Crippen LogP contribution in [0.15, 0.2) is 42.6 Å². The Morgan fingerprint density at radius 3 is 2.81 bits per heavy atom. The van der Waals surface area contributed by atoms with Crippen LogP contribution in [0.1, 0.15) is 18.2 Å². The maximum Gasteiger partial charge on any atom is 0.164 e. The van der Waals surface area contributed by atoms with Crippen LogP contribution in [0.3, 0.4) is 0 Å². The molecule has 0 spiro atoms. The third-order valence-corrected chi connectivity index (χ3v) is 3.95. The van der Waals surface area contributed by atoms with Crippen molar-refractivity contribution in [2.45, 2.75) is 12.3 Å². The van der Waals surface area contributed by atoms with Gasteiger partial charge in [0, 0.05) is 24.3 Å². The zero-order valence-electron chi connectivity index (χ0n) is 11.5. The molecular formula is C16H15FN4. The predicted molar refractivity (Wildman–Crippen MR) is 79.1 cm³/mol. The lowest BCUT2D eigenvalue weighted by Crippen LogP contribution is -2.12. The van der Waals surface area contributed by atoms with E-state index in [-0.39, 0.29) is 5.82 Å². The van der Waals surface area contributed by atoms with Gasteiger partial charge < -0.3 is 5.32 Å². The zero-order chi connectivity index (χ0) is 14.2. The number of nitrogens with one attached hydrogen (secondary N) is 1. The molecular weight excluding hydrogens is 267 g/mol. The lowest BCUT2D eigenvalue weighted by molar-refractivity contribution is 0.626. The van der Waals surface area contributed by atoms with Crippen LogP contribution in [-0.2, 0) is 0 Å². The minimum absolute atomic E-state index is 0.236. The van der Waals surface area contributed by atoms with E-state index in [9.17, 15) is 4.39 Å². The molecule has 1 aliphatic heterocycles. The van der Waals surface area contributed by atoms with Crippen LogP contribution in [0.25, 0.3) is 16.9 Å². The van der Waals surface area contributed by atoms with Crippen LogP contribution in [-0.4, -0.2) is 27.6 Å². The standard InChI is InChI=1S/C16H15FN4/c17-12-3-5-13(6-4-12)21-15(11-7-9-18-10-11)20-14-2-1-8-19-16(14)21/h1-6,8,11,18H,7,9-10H2. The summed E-state index contributed by atoms with van der Waals surface area (Å²) >= 11 is 0. The van der Waals surface area contributed by atoms with E-state index in [1.54, 1.807) is 18.3 Å². The lowest BCUT2D eigenvalue weighted by atomic mass is 10.1. The fraction of sp³-hybridized carbons (Fsp3) is 0.250. The summed E-state index contributed by atoms with van der Waals surface area (Å²) in [6.45, 7) is 1.93. The average Bonchev–Trinajstić information content (AvgIpc) is 3.15. The Morgan fingerprint density at radius 1 is 1.19 bits per heavy atom. The van der Waals surface area contributed by atoms with E-state index >= 15 is 0 Å². The molecule has 1 aromatic carbocycles. The van der Waals surface area contributed by atoms with Crippen molar-refractivity contribution in [3.63, 3.8) is 0 Å². The van der Waals surface area contributed by atoms with Crippen LogP contribution in [0, 0.1) is 5.82 Å². The number of rotatable bonds is 2. The maximum absolute atomic E-state index is 13.2. The molecule has 1 N–H and O–H groups in total. The highest BCUT2D eigenvalue weighted by molar-refractivity contribution is 5.74. The summed E-state index contributed by atoms with van der Waals surface area (Å²) in [6.07, 6.45) is 2.82. The highest BCUT2D eigenvalue weighted by Crippen LogP contribution is 2.28. The summed E-state index contributed by atoms with van der Waals surface area (Å²) in [7, 11) is 0. The molecule has 0 saturated carbocycles. The van der Waals surface area contributed by atoms with Gasteiger partial charge in [0.25, 0.3) is 0 Å². The molecule has 3 aromatic rings. The second kappa shape index (κ2) is 4.93. The topological polar surface area (TPSA) is 42.7 Å². The Balaban J connectivity index is 1.95. The first-order valence-corrected chi connectivity index (χ1v) is 7.13. The van der Waals surface area contributed by atoms with E-state index in [1.165, 1.54) is 12.1 Å². The van der Waals surface area contributed by atoms with Crippen molar-refractivity contribution in [2.75, 3.05) is 13.1 Å². The second-order valence-electron chi connectivity index (χ2n) is 5.32. The number of pyridine rings is 1. The van der Waals surface area contributed by atoms with Crippen molar-refractivity contribution in [2.24, 2.45) is 0 Å². The van der Waals surface area contributed by atoms with Gasteiger partial charge in [-0.2, -0.15) is 0 Å². The molecule has 1 fully saturated rings. The second-order valence-corrected chi connectivity index (χ2v) is 5.32. The van der Waals surface area contributed by atoms with Crippen molar-refractivity contribution >= 4 is 11.2 Å². The number of fused-ring (bicyclic) bond motifs is 1. The van der Waals surface area contributed by atoms with Gasteiger partial charge in [-0.05, 0) is 49.4 Å². The summed E-state index contributed by atoms with van der Waals surface area (Å²) < 4.78 is 15.2. The minimum atomic E-state index is -0.236. The van der Waals surface area contributed by atoms with Crippen molar-refractivity contribution in [3.8, 4) is 5.69 Å². The number of aromatic nitrogens is 3. The minimum Gasteiger partial charge on any atom is -0.316 e. The fourth-order valence-corrected chi connectivity index (χ4v) is 2.92. The van der Waals surface area contributed by atoms with E-state index in [1.807, 2.05) is 16.7 Å². The quantitative estimate of drug-likeness (QED) is 0.785. The molecule has 106 valence electrons. The van der Waals surface area contributed by atoms with Crippen molar-refractivity contribution < 1.29 is 4.39 Å². The van der Waals surface area contributed by atoms with Gasteiger partial charge in [0.2, 0.25) is 0 Å². The Kier molecular flexibility index (Phi) is 2.93. The number of hydrogen-bond acceptors (Lipinski definition) is 3.